The van der Waals surface area contributed by atoms with E-state index in [1.54, 1.807) is 0 Å². The highest BCUT2D eigenvalue weighted by Gasteiger charge is 2.21. The molecule has 1 heterocycles. The number of piperidine rings is 1. The lowest BCUT2D eigenvalue weighted by atomic mass is 9.92. The van der Waals surface area contributed by atoms with Gasteiger partial charge in [0, 0.05) is 19.5 Å². The Labute approximate surface area is 174 Å². The van der Waals surface area contributed by atoms with Crippen LogP contribution in [-0.4, -0.2) is 35.6 Å². The molecule has 0 radical (unpaired) electrons. The van der Waals surface area contributed by atoms with Crippen molar-refractivity contribution in [1.29, 1.82) is 0 Å². The molecule has 1 N–H and O–H groups in total. The molecule has 1 unspecified atom stereocenters. The quantitative estimate of drug-likeness (QED) is 0.740. The summed E-state index contributed by atoms with van der Waals surface area (Å²) in [6.07, 6.45) is 9.14. The summed E-state index contributed by atoms with van der Waals surface area (Å²) >= 11 is 0. The van der Waals surface area contributed by atoms with Gasteiger partial charge in [-0.05, 0) is 78.8 Å². The van der Waals surface area contributed by atoms with E-state index in [0.717, 1.165) is 45.3 Å². The Morgan fingerprint density at radius 2 is 1.69 bits per heavy atom. The molecule has 1 fully saturated rings. The van der Waals surface area contributed by atoms with Crippen molar-refractivity contribution in [1.82, 2.24) is 4.90 Å². The Balaban J connectivity index is 1.47. The smallest absolute Gasteiger partial charge is 0.303 e. The van der Waals surface area contributed by atoms with Crippen LogP contribution in [0, 0.1) is 5.92 Å². The third-order valence-electron chi connectivity index (χ3n) is 6.44. The van der Waals surface area contributed by atoms with Gasteiger partial charge in [0.25, 0.3) is 0 Å². The second kappa shape index (κ2) is 9.41. The molecule has 0 aromatic heterocycles. The highest BCUT2D eigenvalue weighted by molar-refractivity contribution is 5.83. The average molecular weight is 390 g/mol. The van der Waals surface area contributed by atoms with Crippen LogP contribution in [0.15, 0.2) is 54.6 Å². The molecule has 1 atom stereocenters. The van der Waals surface area contributed by atoms with Crippen LogP contribution in [0.3, 0.4) is 0 Å². The van der Waals surface area contributed by atoms with E-state index in [0.29, 0.717) is 12.3 Å². The highest BCUT2D eigenvalue weighted by atomic mass is 16.4. The van der Waals surface area contributed by atoms with E-state index in [9.17, 15) is 4.79 Å². The summed E-state index contributed by atoms with van der Waals surface area (Å²) in [5.41, 5.74) is 7.04. The number of hydrogen-bond donors (Lipinski definition) is 1. The molecule has 1 saturated heterocycles. The van der Waals surface area contributed by atoms with Gasteiger partial charge in [-0.2, -0.15) is 0 Å². The Morgan fingerprint density at radius 1 is 1.03 bits per heavy atom. The first kappa shape index (κ1) is 19.9. The standard InChI is InChI=1S/C26H31NO2/c28-26(29)16-13-20-7-5-17-27(19-20)18-6-12-25-23-10-3-1-8-21(23)14-15-22-9-2-4-11-24(22)25/h1-4,8-12,20H,5-7,13-19H2,(H,28,29). The second-order valence-corrected chi connectivity index (χ2v) is 8.46. The maximum Gasteiger partial charge on any atom is 0.303 e. The number of aliphatic carboxylic acids is 1. The van der Waals surface area contributed by atoms with Crippen LogP contribution in [0.1, 0.15) is 54.4 Å². The molecule has 3 nitrogen and oxygen atoms in total. The van der Waals surface area contributed by atoms with E-state index in [2.05, 4.69) is 59.5 Å². The molecular formula is C26H31NO2. The van der Waals surface area contributed by atoms with Gasteiger partial charge in [0.15, 0.2) is 0 Å². The van der Waals surface area contributed by atoms with Crippen LogP contribution in [0.2, 0.25) is 0 Å². The number of benzene rings is 2. The van der Waals surface area contributed by atoms with Gasteiger partial charge in [0.05, 0.1) is 0 Å². The number of hydrogen-bond acceptors (Lipinski definition) is 2. The number of aryl methyl sites for hydroxylation is 2. The zero-order valence-corrected chi connectivity index (χ0v) is 17.1. The van der Waals surface area contributed by atoms with Crippen molar-refractivity contribution in [2.24, 2.45) is 5.92 Å². The summed E-state index contributed by atoms with van der Waals surface area (Å²) in [6, 6.07) is 17.7. The lowest BCUT2D eigenvalue weighted by Gasteiger charge is -2.32. The summed E-state index contributed by atoms with van der Waals surface area (Å²) in [6.45, 7) is 3.24. The van der Waals surface area contributed by atoms with Crippen LogP contribution in [0.4, 0.5) is 0 Å². The van der Waals surface area contributed by atoms with E-state index in [1.165, 1.54) is 40.7 Å². The minimum Gasteiger partial charge on any atom is -0.481 e. The van der Waals surface area contributed by atoms with Crippen LogP contribution in [-0.2, 0) is 17.6 Å². The topological polar surface area (TPSA) is 40.5 Å². The van der Waals surface area contributed by atoms with E-state index >= 15 is 0 Å². The van der Waals surface area contributed by atoms with Crippen molar-refractivity contribution in [2.45, 2.75) is 44.9 Å². The number of fused-ring (bicyclic) bond motifs is 2. The first-order chi connectivity index (χ1) is 14.2. The minimum atomic E-state index is -0.669. The molecule has 0 saturated carbocycles. The number of carboxylic acids is 1. The molecule has 0 amide bonds. The molecule has 2 aliphatic rings. The normalized spacial score (nSPS) is 19.2. The van der Waals surface area contributed by atoms with Crippen molar-refractivity contribution >= 4 is 11.5 Å². The van der Waals surface area contributed by atoms with Gasteiger partial charge >= 0.3 is 5.97 Å². The number of nitrogens with zero attached hydrogens (tertiary/aromatic N) is 1. The van der Waals surface area contributed by atoms with Gasteiger partial charge in [0.1, 0.15) is 0 Å². The Hall–Kier alpha value is -2.39. The van der Waals surface area contributed by atoms with Gasteiger partial charge in [-0.1, -0.05) is 54.6 Å². The third-order valence-corrected chi connectivity index (χ3v) is 6.44. The molecule has 2 aromatic rings. The van der Waals surface area contributed by atoms with Crippen LogP contribution in [0.25, 0.3) is 5.57 Å². The van der Waals surface area contributed by atoms with Crippen LogP contribution >= 0.6 is 0 Å². The van der Waals surface area contributed by atoms with Gasteiger partial charge < -0.3 is 10.0 Å². The fourth-order valence-electron chi connectivity index (χ4n) is 4.95. The Morgan fingerprint density at radius 3 is 2.34 bits per heavy atom. The molecule has 152 valence electrons. The predicted octanol–water partition coefficient (Wildman–Crippen LogP) is 5.18. The monoisotopic (exact) mass is 389 g/mol. The van der Waals surface area contributed by atoms with E-state index < -0.39 is 5.97 Å². The van der Waals surface area contributed by atoms with Crippen molar-refractivity contribution in [3.05, 3.63) is 76.9 Å². The number of rotatable bonds is 6. The summed E-state index contributed by atoms with van der Waals surface area (Å²) in [5.74, 6) is -0.135. The Kier molecular flexibility index (Phi) is 6.46. The number of carboxylic acid groups (broad SMARTS) is 1. The van der Waals surface area contributed by atoms with Crippen LogP contribution in [0.5, 0.6) is 0 Å². The number of likely N-dealkylation sites (tertiary alicyclic amines) is 1. The molecule has 1 aliphatic heterocycles. The zero-order valence-electron chi connectivity index (χ0n) is 17.1. The molecular weight excluding hydrogens is 358 g/mol. The summed E-state index contributed by atoms with van der Waals surface area (Å²) in [5, 5.41) is 8.96. The first-order valence-electron chi connectivity index (χ1n) is 11.0. The third kappa shape index (κ3) is 4.97. The first-order valence-corrected chi connectivity index (χ1v) is 11.0. The van der Waals surface area contributed by atoms with Crippen molar-refractivity contribution in [3.8, 4) is 0 Å². The van der Waals surface area contributed by atoms with E-state index in [4.69, 9.17) is 5.11 Å². The molecule has 0 spiro atoms. The molecule has 29 heavy (non-hydrogen) atoms. The lowest BCUT2D eigenvalue weighted by Crippen LogP contribution is -2.36. The van der Waals surface area contributed by atoms with Crippen LogP contribution < -0.4 is 0 Å². The second-order valence-electron chi connectivity index (χ2n) is 8.46. The fraction of sp³-hybridized carbons (Fsp3) is 0.423. The largest absolute Gasteiger partial charge is 0.481 e. The maximum absolute atomic E-state index is 10.9. The van der Waals surface area contributed by atoms with E-state index in [-0.39, 0.29) is 0 Å². The average Bonchev–Trinajstić information content (AvgIpc) is 2.90. The molecule has 1 aliphatic carbocycles. The van der Waals surface area contributed by atoms with E-state index in [1.807, 2.05) is 0 Å². The zero-order chi connectivity index (χ0) is 20.1. The molecule has 3 heteroatoms. The van der Waals surface area contributed by atoms with Gasteiger partial charge in [-0.25, -0.2) is 0 Å². The predicted molar refractivity (Wildman–Crippen MR) is 118 cm³/mol. The van der Waals surface area contributed by atoms with Crippen molar-refractivity contribution in [2.75, 3.05) is 19.6 Å². The lowest BCUT2D eigenvalue weighted by molar-refractivity contribution is -0.137. The van der Waals surface area contributed by atoms with Gasteiger partial charge in [-0.15, -0.1) is 0 Å². The van der Waals surface area contributed by atoms with Crippen molar-refractivity contribution in [3.63, 3.8) is 0 Å². The molecule has 0 bridgehead atoms. The SMILES string of the molecule is O=C(O)CCC1CCCN(CCC=C2c3ccccc3CCc3ccccc32)C1. The fourth-order valence-corrected chi connectivity index (χ4v) is 4.95. The van der Waals surface area contributed by atoms with Gasteiger partial charge in [-0.3, -0.25) is 4.79 Å². The molecule has 2 aromatic carbocycles. The summed E-state index contributed by atoms with van der Waals surface area (Å²) in [4.78, 5) is 13.4. The minimum absolute atomic E-state index is 0.302. The summed E-state index contributed by atoms with van der Waals surface area (Å²) < 4.78 is 0. The Bertz CT molecular complexity index is 836. The maximum atomic E-state index is 10.9. The van der Waals surface area contributed by atoms with Gasteiger partial charge in [0.2, 0.25) is 0 Å². The highest BCUT2D eigenvalue weighted by Crippen LogP contribution is 2.33. The molecule has 4 rings (SSSR count). The number of carbonyl (C=O) groups is 1. The summed E-state index contributed by atoms with van der Waals surface area (Å²) in [7, 11) is 0. The van der Waals surface area contributed by atoms with Crippen molar-refractivity contribution < 1.29 is 9.90 Å².